The number of anilines is 1. The van der Waals surface area contributed by atoms with Crippen LogP contribution in [0.15, 0.2) is 60.7 Å². The number of ether oxygens (including phenoxy) is 2. The maximum absolute atomic E-state index is 12.9. The summed E-state index contributed by atoms with van der Waals surface area (Å²) in [6.07, 6.45) is -0.507. The molecule has 0 fully saturated rings. The van der Waals surface area contributed by atoms with Gasteiger partial charge in [-0.2, -0.15) is 0 Å². The Hall–Kier alpha value is -3.87. The molecule has 2 amide bonds. The molecule has 0 bridgehead atoms. The van der Waals surface area contributed by atoms with Crippen LogP contribution in [0.1, 0.15) is 43.4 Å². The number of hydrogen-bond acceptors (Lipinski definition) is 5. The van der Waals surface area contributed by atoms with Gasteiger partial charge in [-0.25, -0.2) is 9.59 Å². The van der Waals surface area contributed by atoms with E-state index in [0.29, 0.717) is 0 Å². The van der Waals surface area contributed by atoms with Gasteiger partial charge in [-0.05, 0) is 54.3 Å². The summed E-state index contributed by atoms with van der Waals surface area (Å²) in [5.74, 6) is -1.14. The second-order valence-corrected chi connectivity index (χ2v) is 9.38. The number of alkyl carbamates (subject to hydrolysis) is 1. The van der Waals surface area contributed by atoms with Crippen molar-refractivity contribution in [2.24, 2.45) is 0 Å². The van der Waals surface area contributed by atoms with Crippen LogP contribution in [-0.2, 0) is 25.5 Å². The van der Waals surface area contributed by atoms with Crippen LogP contribution in [0.5, 0.6) is 0 Å². The molecule has 7 heteroatoms. The minimum absolute atomic E-state index is 0.0983. The number of esters is 1. The van der Waals surface area contributed by atoms with Crippen LogP contribution in [0.25, 0.3) is 10.8 Å². The summed E-state index contributed by atoms with van der Waals surface area (Å²) < 4.78 is 10.2. The third-order valence-electron chi connectivity index (χ3n) is 5.67. The normalized spacial score (nSPS) is 15.9. The Morgan fingerprint density at radius 1 is 1.03 bits per heavy atom. The molecule has 3 aromatic rings. The van der Waals surface area contributed by atoms with Crippen LogP contribution in [-0.4, -0.2) is 36.7 Å². The average Bonchev–Trinajstić information content (AvgIpc) is 3.11. The molecular formula is C27H28N2O5. The predicted octanol–water partition coefficient (Wildman–Crippen LogP) is 4.53. The van der Waals surface area contributed by atoms with E-state index in [1.54, 1.807) is 20.8 Å². The van der Waals surface area contributed by atoms with Crippen molar-refractivity contribution in [3.63, 3.8) is 0 Å². The van der Waals surface area contributed by atoms with Gasteiger partial charge in [-0.1, -0.05) is 54.6 Å². The molecule has 0 radical (unpaired) electrons. The summed E-state index contributed by atoms with van der Waals surface area (Å²) in [4.78, 5) is 37.5. The van der Waals surface area contributed by atoms with E-state index in [1.165, 1.54) is 7.11 Å². The second-order valence-electron chi connectivity index (χ2n) is 9.38. The SMILES string of the molecule is COC(=O)[C@H](Cc1ccc2c(c1)C(c1ccc3ccccc3c1)C(=O)N2)NC(=O)OC(C)(C)C. The zero-order valence-electron chi connectivity index (χ0n) is 19.7. The standard InChI is InChI=1S/C27H28N2O5/c1-27(2,3)34-26(32)29-22(25(31)33-4)14-16-9-12-21-20(13-16)23(24(30)28-21)19-11-10-17-7-5-6-8-18(17)15-19/h5-13,15,22-23H,14H2,1-4H3,(H,28,30)(H,29,32)/t22-,23?/m0/s1. The molecule has 1 aliphatic rings. The molecule has 0 saturated heterocycles. The fraction of sp³-hybridized carbons (Fsp3) is 0.296. The highest BCUT2D eigenvalue weighted by atomic mass is 16.6. The monoisotopic (exact) mass is 460 g/mol. The quantitative estimate of drug-likeness (QED) is 0.546. The number of rotatable bonds is 5. The fourth-order valence-electron chi connectivity index (χ4n) is 4.18. The van der Waals surface area contributed by atoms with Crippen LogP contribution in [0.2, 0.25) is 0 Å². The summed E-state index contributed by atoms with van der Waals surface area (Å²) in [5.41, 5.74) is 2.55. The van der Waals surface area contributed by atoms with E-state index in [-0.39, 0.29) is 12.3 Å². The Balaban J connectivity index is 1.61. The van der Waals surface area contributed by atoms with Crippen molar-refractivity contribution in [3.05, 3.63) is 77.4 Å². The van der Waals surface area contributed by atoms with Gasteiger partial charge >= 0.3 is 12.1 Å². The molecule has 0 aromatic heterocycles. The first-order valence-electron chi connectivity index (χ1n) is 11.1. The third kappa shape index (κ3) is 5.03. The summed E-state index contributed by atoms with van der Waals surface area (Å²) in [6.45, 7) is 5.24. The van der Waals surface area contributed by atoms with Crippen molar-refractivity contribution in [2.45, 2.75) is 44.8 Å². The zero-order chi connectivity index (χ0) is 24.5. The summed E-state index contributed by atoms with van der Waals surface area (Å²) >= 11 is 0. The van der Waals surface area contributed by atoms with Gasteiger partial charge in [0, 0.05) is 12.1 Å². The first-order chi connectivity index (χ1) is 16.1. The molecule has 0 aliphatic carbocycles. The molecule has 7 nitrogen and oxygen atoms in total. The summed E-state index contributed by atoms with van der Waals surface area (Å²) in [5, 5.41) is 7.70. The number of benzene rings is 3. The van der Waals surface area contributed by atoms with E-state index >= 15 is 0 Å². The van der Waals surface area contributed by atoms with Crippen LogP contribution in [0.3, 0.4) is 0 Å². The number of methoxy groups -OCH3 is 1. The molecule has 1 heterocycles. The highest BCUT2D eigenvalue weighted by molar-refractivity contribution is 6.05. The van der Waals surface area contributed by atoms with Gasteiger partial charge in [-0.15, -0.1) is 0 Å². The topological polar surface area (TPSA) is 93.7 Å². The van der Waals surface area contributed by atoms with Crippen molar-refractivity contribution in [2.75, 3.05) is 12.4 Å². The number of amides is 2. The zero-order valence-corrected chi connectivity index (χ0v) is 19.7. The van der Waals surface area contributed by atoms with Crippen molar-refractivity contribution >= 4 is 34.4 Å². The van der Waals surface area contributed by atoms with Crippen LogP contribution in [0.4, 0.5) is 10.5 Å². The van der Waals surface area contributed by atoms with Crippen molar-refractivity contribution in [3.8, 4) is 0 Å². The van der Waals surface area contributed by atoms with Crippen molar-refractivity contribution < 1.29 is 23.9 Å². The van der Waals surface area contributed by atoms with Gasteiger partial charge in [-0.3, -0.25) is 4.79 Å². The lowest BCUT2D eigenvalue weighted by atomic mass is 9.89. The lowest BCUT2D eigenvalue weighted by Gasteiger charge is -2.22. The number of carbonyl (C=O) groups is 3. The van der Waals surface area contributed by atoms with Crippen LogP contribution in [0, 0.1) is 0 Å². The van der Waals surface area contributed by atoms with E-state index in [0.717, 1.165) is 33.2 Å². The highest BCUT2D eigenvalue weighted by Crippen LogP contribution is 2.38. The van der Waals surface area contributed by atoms with Crippen molar-refractivity contribution in [1.82, 2.24) is 5.32 Å². The Labute approximate surface area is 198 Å². The molecule has 2 atom stereocenters. The molecule has 0 spiro atoms. The number of fused-ring (bicyclic) bond motifs is 2. The Morgan fingerprint density at radius 2 is 1.76 bits per heavy atom. The predicted molar refractivity (Wildman–Crippen MR) is 130 cm³/mol. The van der Waals surface area contributed by atoms with E-state index in [1.807, 2.05) is 60.7 Å². The highest BCUT2D eigenvalue weighted by Gasteiger charge is 2.33. The van der Waals surface area contributed by atoms with Crippen molar-refractivity contribution in [1.29, 1.82) is 0 Å². The fourth-order valence-corrected chi connectivity index (χ4v) is 4.18. The Bertz CT molecular complexity index is 1260. The molecule has 34 heavy (non-hydrogen) atoms. The first-order valence-corrected chi connectivity index (χ1v) is 11.1. The molecule has 4 rings (SSSR count). The number of hydrogen-bond donors (Lipinski definition) is 2. The third-order valence-corrected chi connectivity index (χ3v) is 5.67. The molecule has 3 aromatic carbocycles. The molecular weight excluding hydrogens is 432 g/mol. The average molecular weight is 461 g/mol. The minimum Gasteiger partial charge on any atom is -0.467 e. The molecule has 2 N–H and O–H groups in total. The number of carbonyl (C=O) groups excluding carboxylic acids is 3. The van der Waals surface area contributed by atoms with E-state index in [2.05, 4.69) is 10.6 Å². The van der Waals surface area contributed by atoms with Gasteiger partial charge in [0.05, 0.1) is 13.0 Å². The summed E-state index contributed by atoms with van der Waals surface area (Å²) in [7, 11) is 1.27. The second kappa shape index (κ2) is 9.17. The Morgan fingerprint density at radius 3 is 2.47 bits per heavy atom. The van der Waals surface area contributed by atoms with E-state index in [9.17, 15) is 14.4 Å². The largest absolute Gasteiger partial charge is 0.467 e. The van der Waals surface area contributed by atoms with Crippen LogP contribution >= 0.6 is 0 Å². The van der Waals surface area contributed by atoms with Gasteiger partial charge in [0.1, 0.15) is 11.6 Å². The van der Waals surface area contributed by atoms with E-state index < -0.39 is 29.6 Å². The minimum atomic E-state index is -0.929. The molecule has 1 unspecified atom stereocenters. The first kappa shape index (κ1) is 23.3. The van der Waals surface area contributed by atoms with E-state index in [4.69, 9.17) is 9.47 Å². The van der Waals surface area contributed by atoms with Gasteiger partial charge in [0.25, 0.3) is 0 Å². The maximum atomic E-state index is 12.9. The lowest BCUT2D eigenvalue weighted by Crippen LogP contribution is -2.45. The smallest absolute Gasteiger partial charge is 0.408 e. The van der Waals surface area contributed by atoms with Gasteiger partial charge in [0.15, 0.2) is 0 Å². The van der Waals surface area contributed by atoms with Gasteiger partial charge in [0.2, 0.25) is 5.91 Å². The van der Waals surface area contributed by atoms with Gasteiger partial charge < -0.3 is 20.1 Å². The molecule has 0 saturated carbocycles. The Kier molecular flexibility index (Phi) is 6.28. The lowest BCUT2D eigenvalue weighted by molar-refractivity contribution is -0.143. The van der Waals surface area contributed by atoms with Crippen LogP contribution < -0.4 is 10.6 Å². The molecule has 176 valence electrons. The molecule has 1 aliphatic heterocycles. The summed E-state index contributed by atoms with van der Waals surface area (Å²) in [6, 6.07) is 18.6. The maximum Gasteiger partial charge on any atom is 0.408 e. The number of nitrogens with one attached hydrogen (secondary N) is 2.